The van der Waals surface area contributed by atoms with E-state index in [4.69, 9.17) is 9.97 Å². The number of phenols is 1. The molecule has 0 atom stereocenters. The number of anilines is 1. The van der Waals surface area contributed by atoms with Crippen LogP contribution >= 0.6 is 11.3 Å². The van der Waals surface area contributed by atoms with E-state index < -0.39 is 0 Å². The lowest BCUT2D eigenvalue weighted by Gasteiger charge is -2.11. The zero-order valence-electron chi connectivity index (χ0n) is 15.3. The van der Waals surface area contributed by atoms with Crippen molar-refractivity contribution in [1.29, 1.82) is 0 Å². The number of nitrogens with zero attached hydrogens (tertiary/aromatic N) is 4. The predicted octanol–water partition coefficient (Wildman–Crippen LogP) is 4.50. The lowest BCUT2D eigenvalue weighted by Crippen LogP contribution is -2.09. The topological polar surface area (TPSA) is 75.9 Å². The molecule has 0 unspecified atom stereocenters. The molecule has 6 nitrogen and oxygen atoms in total. The van der Waals surface area contributed by atoms with Crippen molar-refractivity contribution in [1.82, 2.24) is 19.5 Å². The van der Waals surface area contributed by atoms with Crippen LogP contribution in [0.5, 0.6) is 5.75 Å². The summed E-state index contributed by atoms with van der Waals surface area (Å²) < 4.78 is 2.07. The van der Waals surface area contributed by atoms with E-state index in [1.807, 2.05) is 29.9 Å². The van der Waals surface area contributed by atoms with Crippen molar-refractivity contribution in [3.05, 3.63) is 53.0 Å². The van der Waals surface area contributed by atoms with Crippen LogP contribution in [0.2, 0.25) is 0 Å². The average Bonchev–Trinajstić information content (AvgIpc) is 3.33. The molecule has 0 fully saturated rings. The van der Waals surface area contributed by atoms with Crippen LogP contribution in [0, 0.1) is 0 Å². The van der Waals surface area contributed by atoms with Gasteiger partial charge in [0.25, 0.3) is 0 Å². The normalized spacial score (nSPS) is 11.4. The van der Waals surface area contributed by atoms with Gasteiger partial charge in [-0.05, 0) is 49.4 Å². The summed E-state index contributed by atoms with van der Waals surface area (Å²) in [5.74, 6) is 1.74. The Balaban J connectivity index is 1.65. The summed E-state index contributed by atoms with van der Waals surface area (Å²) in [6, 6.07) is 9.56. The van der Waals surface area contributed by atoms with Gasteiger partial charge in [0, 0.05) is 23.5 Å². The largest absolute Gasteiger partial charge is 0.508 e. The zero-order valence-corrected chi connectivity index (χ0v) is 16.1. The van der Waals surface area contributed by atoms with E-state index in [1.165, 1.54) is 0 Å². The Hall–Kier alpha value is -2.93. The Morgan fingerprint density at radius 2 is 1.96 bits per heavy atom. The third-order valence-corrected chi connectivity index (χ3v) is 5.08. The van der Waals surface area contributed by atoms with Gasteiger partial charge in [-0.25, -0.2) is 15.0 Å². The summed E-state index contributed by atoms with van der Waals surface area (Å²) in [5, 5.41) is 16.9. The summed E-state index contributed by atoms with van der Waals surface area (Å²) in [7, 11) is 0. The van der Waals surface area contributed by atoms with Crippen LogP contribution in [0.3, 0.4) is 0 Å². The van der Waals surface area contributed by atoms with E-state index in [2.05, 4.69) is 34.1 Å². The van der Waals surface area contributed by atoms with Gasteiger partial charge in [0.1, 0.15) is 11.3 Å². The van der Waals surface area contributed by atoms with Gasteiger partial charge in [-0.15, -0.1) is 0 Å². The molecular formula is C20H21N5OS. The molecule has 3 aromatic heterocycles. The molecule has 2 N–H and O–H groups in total. The van der Waals surface area contributed by atoms with E-state index >= 15 is 0 Å². The minimum Gasteiger partial charge on any atom is -0.508 e. The fraction of sp³-hybridized carbons (Fsp3) is 0.250. The lowest BCUT2D eigenvalue weighted by atomic mass is 10.1. The average molecular weight is 379 g/mol. The minimum absolute atomic E-state index is 0.269. The molecule has 1 aromatic carbocycles. The Morgan fingerprint density at radius 3 is 2.67 bits per heavy atom. The van der Waals surface area contributed by atoms with Gasteiger partial charge >= 0.3 is 0 Å². The van der Waals surface area contributed by atoms with Crippen LogP contribution in [-0.2, 0) is 6.42 Å². The molecule has 0 saturated heterocycles. The summed E-state index contributed by atoms with van der Waals surface area (Å²) in [6.07, 6.45) is 2.65. The van der Waals surface area contributed by atoms with Crippen LogP contribution in [-0.4, -0.2) is 31.2 Å². The number of rotatable bonds is 6. The van der Waals surface area contributed by atoms with Crippen LogP contribution in [0.4, 0.5) is 5.82 Å². The first-order valence-corrected chi connectivity index (χ1v) is 9.85. The predicted molar refractivity (Wildman–Crippen MR) is 109 cm³/mol. The Morgan fingerprint density at radius 1 is 1.15 bits per heavy atom. The van der Waals surface area contributed by atoms with E-state index in [-0.39, 0.29) is 11.8 Å². The minimum atomic E-state index is 0.269. The molecular weight excluding hydrogens is 358 g/mol. The molecule has 0 aliphatic carbocycles. The summed E-state index contributed by atoms with van der Waals surface area (Å²) in [6.45, 7) is 4.95. The number of nitrogens with one attached hydrogen (secondary N) is 1. The van der Waals surface area contributed by atoms with Crippen molar-refractivity contribution >= 4 is 28.3 Å². The van der Waals surface area contributed by atoms with Crippen molar-refractivity contribution in [3.63, 3.8) is 0 Å². The zero-order chi connectivity index (χ0) is 18.8. The third-order valence-electron chi connectivity index (χ3n) is 4.40. The van der Waals surface area contributed by atoms with E-state index in [0.717, 1.165) is 34.5 Å². The first kappa shape index (κ1) is 17.5. The van der Waals surface area contributed by atoms with Gasteiger partial charge in [0.05, 0.1) is 6.33 Å². The molecule has 0 amide bonds. The number of imidazole rings is 1. The quantitative estimate of drug-likeness (QED) is 0.516. The molecule has 138 valence electrons. The Kier molecular flexibility index (Phi) is 4.77. The molecule has 27 heavy (non-hydrogen) atoms. The van der Waals surface area contributed by atoms with E-state index in [9.17, 15) is 5.11 Å². The molecule has 0 saturated carbocycles. The molecule has 0 bridgehead atoms. The molecule has 3 heterocycles. The number of thiophene rings is 1. The molecule has 0 aliphatic rings. The number of aromatic hydroxyl groups is 1. The highest BCUT2D eigenvalue weighted by Gasteiger charge is 2.15. The van der Waals surface area contributed by atoms with Crippen molar-refractivity contribution in [2.24, 2.45) is 0 Å². The van der Waals surface area contributed by atoms with Crippen LogP contribution < -0.4 is 5.32 Å². The van der Waals surface area contributed by atoms with E-state index in [0.29, 0.717) is 12.4 Å². The second-order valence-corrected chi connectivity index (χ2v) is 7.45. The summed E-state index contributed by atoms with van der Waals surface area (Å²) in [4.78, 5) is 14.0. The van der Waals surface area contributed by atoms with Gasteiger partial charge in [-0.3, -0.25) is 0 Å². The lowest BCUT2D eigenvalue weighted by molar-refractivity contribution is 0.475. The smallest absolute Gasteiger partial charge is 0.166 e. The van der Waals surface area contributed by atoms with Crippen LogP contribution in [0.25, 0.3) is 22.6 Å². The summed E-state index contributed by atoms with van der Waals surface area (Å²) >= 11 is 1.63. The first-order valence-electron chi connectivity index (χ1n) is 8.91. The molecule has 0 aliphatic heterocycles. The Bertz CT molecular complexity index is 1040. The maximum atomic E-state index is 9.40. The highest BCUT2D eigenvalue weighted by molar-refractivity contribution is 7.08. The van der Waals surface area contributed by atoms with Crippen LogP contribution in [0.15, 0.2) is 47.4 Å². The standard InChI is InChI=1S/C20H21N5OS/c1-13(2)25-12-22-17-19(21-9-7-14-3-5-16(26)6-4-14)23-18(24-20(17)25)15-8-10-27-11-15/h3-6,8,10-13,26H,7,9H2,1-2H3,(H,21,23,24). The highest BCUT2D eigenvalue weighted by atomic mass is 32.1. The fourth-order valence-corrected chi connectivity index (χ4v) is 3.56. The van der Waals surface area contributed by atoms with Crippen molar-refractivity contribution in [2.75, 3.05) is 11.9 Å². The number of hydrogen-bond donors (Lipinski definition) is 2. The molecule has 4 rings (SSSR count). The molecule has 4 aromatic rings. The van der Waals surface area contributed by atoms with Gasteiger partial charge in [0.2, 0.25) is 0 Å². The second kappa shape index (κ2) is 7.36. The number of hydrogen-bond acceptors (Lipinski definition) is 6. The van der Waals surface area contributed by atoms with Gasteiger partial charge < -0.3 is 15.0 Å². The summed E-state index contributed by atoms with van der Waals surface area (Å²) in [5.41, 5.74) is 3.79. The van der Waals surface area contributed by atoms with Gasteiger partial charge in [0.15, 0.2) is 17.3 Å². The number of phenolic OH excluding ortho intramolecular Hbond substituents is 1. The number of fused-ring (bicyclic) bond motifs is 1. The monoisotopic (exact) mass is 379 g/mol. The number of aromatic nitrogens is 4. The van der Waals surface area contributed by atoms with Crippen molar-refractivity contribution in [3.8, 4) is 17.1 Å². The maximum Gasteiger partial charge on any atom is 0.166 e. The fourth-order valence-electron chi connectivity index (χ4n) is 2.93. The van der Waals surface area contributed by atoms with Crippen LogP contribution in [0.1, 0.15) is 25.5 Å². The van der Waals surface area contributed by atoms with E-state index in [1.54, 1.807) is 23.5 Å². The van der Waals surface area contributed by atoms with Crippen molar-refractivity contribution in [2.45, 2.75) is 26.3 Å². The van der Waals surface area contributed by atoms with Gasteiger partial charge in [-0.2, -0.15) is 11.3 Å². The van der Waals surface area contributed by atoms with Gasteiger partial charge in [-0.1, -0.05) is 12.1 Å². The third kappa shape index (κ3) is 3.64. The second-order valence-electron chi connectivity index (χ2n) is 6.67. The molecule has 7 heteroatoms. The first-order chi connectivity index (χ1) is 13.1. The molecule has 0 spiro atoms. The Labute approximate surface area is 161 Å². The SMILES string of the molecule is CC(C)n1cnc2c(NCCc3ccc(O)cc3)nc(-c3ccsc3)nc21. The molecule has 0 radical (unpaired) electrons. The number of benzene rings is 1. The maximum absolute atomic E-state index is 9.40. The highest BCUT2D eigenvalue weighted by Crippen LogP contribution is 2.27. The van der Waals surface area contributed by atoms with Crippen molar-refractivity contribution < 1.29 is 5.11 Å².